The molecular formula is C8H15N3O. The standard InChI is InChI=1S/C8H15N3O/c1-2-7(12-5-1)6-11-8-9-3-4-10-8/h7H,1-6H2,(H2,9,10,11). The predicted molar refractivity (Wildman–Crippen MR) is 47.3 cm³/mol. The Balaban J connectivity index is 1.67. The van der Waals surface area contributed by atoms with Gasteiger partial charge in [0.2, 0.25) is 0 Å². The van der Waals surface area contributed by atoms with Crippen LogP contribution in [0.3, 0.4) is 0 Å². The number of aliphatic imine (C=N–C) groups is 1. The third-order valence-electron chi connectivity index (χ3n) is 2.20. The monoisotopic (exact) mass is 169 g/mol. The van der Waals surface area contributed by atoms with E-state index in [0.29, 0.717) is 6.10 Å². The van der Waals surface area contributed by atoms with E-state index >= 15 is 0 Å². The molecule has 0 saturated carbocycles. The minimum absolute atomic E-state index is 0.398. The lowest BCUT2D eigenvalue weighted by Crippen LogP contribution is -2.38. The van der Waals surface area contributed by atoms with Gasteiger partial charge in [-0.25, -0.2) is 0 Å². The number of guanidine groups is 1. The summed E-state index contributed by atoms with van der Waals surface area (Å²) < 4.78 is 5.47. The first-order chi connectivity index (χ1) is 5.95. The average Bonchev–Trinajstić information content (AvgIpc) is 2.74. The highest BCUT2D eigenvalue weighted by atomic mass is 16.5. The van der Waals surface area contributed by atoms with Gasteiger partial charge < -0.3 is 15.4 Å². The summed E-state index contributed by atoms with van der Waals surface area (Å²) in [5.74, 6) is 0.936. The van der Waals surface area contributed by atoms with E-state index in [1.165, 1.54) is 12.8 Å². The highest BCUT2D eigenvalue weighted by molar-refractivity contribution is 5.81. The maximum Gasteiger partial charge on any atom is 0.191 e. The van der Waals surface area contributed by atoms with Crippen LogP contribution in [0.2, 0.25) is 0 Å². The Morgan fingerprint density at radius 1 is 1.67 bits per heavy atom. The van der Waals surface area contributed by atoms with Gasteiger partial charge in [0.05, 0.1) is 12.6 Å². The van der Waals surface area contributed by atoms with Gasteiger partial charge in [-0.2, -0.15) is 0 Å². The Kier molecular flexibility index (Phi) is 2.46. The first-order valence-electron chi connectivity index (χ1n) is 4.59. The highest BCUT2D eigenvalue weighted by Crippen LogP contribution is 2.10. The summed E-state index contributed by atoms with van der Waals surface area (Å²) >= 11 is 0. The zero-order chi connectivity index (χ0) is 8.23. The molecule has 2 aliphatic heterocycles. The van der Waals surface area contributed by atoms with Crippen LogP contribution in [0, 0.1) is 0 Å². The lowest BCUT2D eigenvalue weighted by atomic mass is 10.2. The molecular weight excluding hydrogens is 154 g/mol. The highest BCUT2D eigenvalue weighted by Gasteiger charge is 2.15. The van der Waals surface area contributed by atoms with Crippen molar-refractivity contribution in [3.8, 4) is 0 Å². The van der Waals surface area contributed by atoms with Crippen LogP contribution in [0.1, 0.15) is 12.8 Å². The van der Waals surface area contributed by atoms with E-state index < -0.39 is 0 Å². The smallest absolute Gasteiger partial charge is 0.191 e. The maximum absolute atomic E-state index is 5.47. The molecule has 12 heavy (non-hydrogen) atoms. The molecule has 2 aliphatic rings. The number of hydrogen-bond acceptors (Lipinski definition) is 4. The summed E-state index contributed by atoms with van der Waals surface area (Å²) in [6, 6.07) is 0. The molecule has 0 aromatic heterocycles. The van der Waals surface area contributed by atoms with Crippen molar-refractivity contribution >= 4 is 5.96 Å². The van der Waals surface area contributed by atoms with Crippen LogP contribution >= 0.6 is 0 Å². The summed E-state index contributed by atoms with van der Waals surface area (Å²) in [7, 11) is 0. The molecule has 0 radical (unpaired) electrons. The fourth-order valence-corrected chi connectivity index (χ4v) is 1.53. The van der Waals surface area contributed by atoms with Gasteiger partial charge in [-0.15, -0.1) is 0 Å². The Labute approximate surface area is 72.4 Å². The van der Waals surface area contributed by atoms with Crippen LogP contribution in [0.4, 0.5) is 0 Å². The van der Waals surface area contributed by atoms with Gasteiger partial charge in [-0.1, -0.05) is 0 Å². The van der Waals surface area contributed by atoms with Crippen molar-refractivity contribution in [3.05, 3.63) is 0 Å². The van der Waals surface area contributed by atoms with Crippen LogP contribution in [0.25, 0.3) is 0 Å². The minimum atomic E-state index is 0.398. The maximum atomic E-state index is 5.47. The van der Waals surface area contributed by atoms with Crippen molar-refractivity contribution < 1.29 is 4.74 Å². The van der Waals surface area contributed by atoms with E-state index in [2.05, 4.69) is 15.6 Å². The summed E-state index contributed by atoms with van der Waals surface area (Å²) in [5.41, 5.74) is 0. The second-order valence-electron chi connectivity index (χ2n) is 3.17. The SMILES string of the molecule is C1COC(CNC2=NCCN2)C1. The molecule has 1 atom stereocenters. The zero-order valence-corrected chi connectivity index (χ0v) is 7.18. The third kappa shape index (κ3) is 1.88. The summed E-state index contributed by atoms with van der Waals surface area (Å²) in [4.78, 5) is 4.24. The number of ether oxygens (including phenoxy) is 1. The van der Waals surface area contributed by atoms with E-state index in [0.717, 1.165) is 32.2 Å². The van der Waals surface area contributed by atoms with Gasteiger partial charge in [0.25, 0.3) is 0 Å². The van der Waals surface area contributed by atoms with Gasteiger partial charge in [-0.05, 0) is 12.8 Å². The van der Waals surface area contributed by atoms with E-state index in [1.807, 2.05) is 0 Å². The molecule has 1 unspecified atom stereocenters. The number of rotatable bonds is 2. The zero-order valence-electron chi connectivity index (χ0n) is 7.18. The summed E-state index contributed by atoms with van der Waals surface area (Å²) in [6.45, 7) is 3.68. The second kappa shape index (κ2) is 3.76. The van der Waals surface area contributed by atoms with E-state index in [1.54, 1.807) is 0 Å². The molecule has 1 saturated heterocycles. The molecule has 0 aliphatic carbocycles. The van der Waals surface area contributed by atoms with Gasteiger partial charge in [0, 0.05) is 19.7 Å². The molecule has 2 heterocycles. The molecule has 0 aromatic rings. The Morgan fingerprint density at radius 2 is 2.67 bits per heavy atom. The van der Waals surface area contributed by atoms with Crippen LogP contribution in [-0.2, 0) is 4.74 Å². The van der Waals surface area contributed by atoms with Gasteiger partial charge >= 0.3 is 0 Å². The van der Waals surface area contributed by atoms with Crippen molar-refractivity contribution in [3.63, 3.8) is 0 Å². The molecule has 4 nitrogen and oxygen atoms in total. The van der Waals surface area contributed by atoms with Crippen LogP contribution in [0.5, 0.6) is 0 Å². The summed E-state index contributed by atoms with van der Waals surface area (Å²) in [6.07, 6.45) is 2.78. The van der Waals surface area contributed by atoms with Crippen LogP contribution < -0.4 is 10.6 Å². The van der Waals surface area contributed by atoms with Gasteiger partial charge in [-0.3, -0.25) is 4.99 Å². The largest absolute Gasteiger partial charge is 0.376 e. The van der Waals surface area contributed by atoms with Gasteiger partial charge in [0.1, 0.15) is 0 Å². The van der Waals surface area contributed by atoms with Crippen molar-refractivity contribution in [2.24, 2.45) is 4.99 Å². The molecule has 0 spiro atoms. The normalized spacial score (nSPS) is 28.3. The van der Waals surface area contributed by atoms with Crippen molar-refractivity contribution in [2.75, 3.05) is 26.2 Å². The number of hydrogen-bond donors (Lipinski definition) is 2. The molecule has 2 N–H and O–H groups in total. The average molecular weight is 169 g/mol. The van der Waals surface area contributed by atoms with E-state index in [4.69, 9.17) is 4.74 Å². The quantitative estimate of drug-likeness (QED) is 0.597. The topological polar surface area (TPSA) is 45.6 Å². The lowest BCUT2D eigenvalue weighted by Gasteiger charge is -2.11. The molecule has 4 heteroatoms. The molecule has 0 bridgehead atoms. The van der Waals surface area contributed by atoms with Crippen molar-refractivity contribution in [1.82, 2.24) is 10.6 Å². The van der Waals surface area contributed by atoms with Crippen molar-refractivity contribution in [1.29, 1.82) is 0 Å². The first kappa shape index (κ1) is 7.86. The molecule has 68 valence electrons. The first-order valence-corrected chi connectivity index (χ1v) is 4.59. The van der Waals surface area contributed by atoms with E-state index in [-0.39, 0.29) is 0 Å². The molecule has 1 fully saturated rings. The van der Waals surface area contributed by atoms with Gasteiger partial charge in [0.15, 0.2) is 5.96 Å². The summed E-state index contributed by atoms with van der Waals surface area (Å²) in [5, 5.41) is 6.40. The lowest BCUT2D eigenvalue weighted by molar-refractivity contribution is 0.114. The van der Waals surface area contributed by atoms with Crippen LogP contribution in [-0.4, -0.2) is 38.3 Å². The Bertz CT molecular complexity index is 175. The molecule has 0 aromatic carbocycles. The third-order valence-corrected chi connectivity index (χ3v) is 2.20. The molecule has 2 rings (SSSR count). The fraction of sp³-hybridized carbons (Fsp3) is 0.875. The number of nitrogens with one attached hydrogen (secondary N) is 2. The van der Waals surface area contributed by atoms with Crippen molar-refractivity contribution in [2.45, 2.75) is 18.9 Å². The predicted octanol–water partition coefficient (Wildman–Crippen LogP) is -0.286. The minimum Gasteiger partial charge on any atom is -0.376 e. The fourth-order valence-electron chi connectivity index (χ4n) is 1.53. The Hall–Kier alpha value is -0.770. The van der Waals surface area contributed by atoms with Crippen LogP contribution in [0.15, 0.2) is 4.99 Å². The Morgan fingerprint density at radius 3 is 3.33 bits per heavy atom. The van der Waals surface area contributed by atoms with E-state index in [9.17, 15) is 0 Å². The second-order valence-corrected chi connectivity index (χ2v) is 3.17. The molecule has 0 amide bonds. The number of nitrogens with zero attached hydrogens (tertiary/aromatic N) is 1.